The fourth-order valence-corrected chi connectivity index (χ4v) is 4.50. The van der Waals surface area contributed by atoms with Crippen molar-refractivity contribution < 1.29 is 15.1 Å². The van der Waals surface area contributed by atoms with E-state index in [2.05, 4.69) is 134 Å². The van der Waals surface area contributed by atoms with Gasteiger partial charge in [-0.2, -0.15) is 6.67 Å². The Kier molecular flexibility index (Phi) is 9.13. The predicted molar refractivity (Wildman–Crippen MR) is 132 cm³/mol. The van der Waals surface area contributed by atoms with Gasteiger partial charge in [-0.25, -0.2) is 0 Å². The van der Waals surface area contributed by atoms with E-state index in [1.54, 1.807) is 0 Å². The summed E-state index contributed by atoms with van der Waals surface area (Å²) in [7, 11) is 4.20. The Hall–Kier alpha value is -1.41. The molecule has 173 valence electrons. The van der Waals surface area contributed by atoms with E-state index in [1.807, 2.05) is 0 Å². The summed E-state index contributed by atoms with van der Waals surface area (Å²) in [4.78, 5) is 4.85. The van der Waals surface area contributed by atoms with Crippen LogP contribution in [-0.2, 0) is 21.6 Å². The van der Waals surface area contributed by atoms with E-state index in [1.165, 1.54) is 50.5 Å². The number of para-hydroxylation sites is 1. The summed E-state index contributed by atoms with van der Waals surface area (Å²) in [5.41, 5.74) is 12.4. The number of benzene rings is 2. The topological polar surface area (TPSA) is 6.48 Å². The van der Waals surface area contributed by atoms with Gasteiger partial charge in [0.05, 0.1) is 0 Å². The molecule has 4 heteroatoms. The maximum atomic E-state index is 4.20. The van der Waals surface area contributed by atoms with Crippen molar-refractivity contribution in [3.63, 3.8) is 0 Å². The van der Waals surface area contributed by atoms with Crippen LogP contribution in [0, 0.1) is 27.4 Å². The Morgan fingerprint density at radius 2 is 1.32 bits per heavy atom. The van der Waals surface area contributed by atoms with Gasteiger partial charge in [-0.05, 0) is 80.0 Å². The minimum atomic E-state index is 0.487. The average molecular weight is 489 g/mol. The van der Waals surface area contributed by atoms with Crippen molar-refractivity contribution in [1.29, 1.82) is 0 Å². The molecule has 2 aromatic carbocycles. The summed E-state index contributed by atoms with van der Waals surface area (Å²) in [6, 6.07) is 11.4. The summed E-state index contributed by atoms with van der Waals surface area (Å²) in [5, 5.41) is 0. The van der Waals surface area contributed by atoms with Crippen LogP contribution in [0.3, 0.4) is 0 Å². The molecular formula is C27H37ClCuN2. The molecule has 1 heterocycles. The molecule has 1 aliphatic heterocycles. The second-order valence-corrected chi connectivity index (χ2v) is 9.26. The van der Waals surface area contributed by atoms with E-state index < -0.39 is 0 Å². The van der Waals surface area contributed by atoms with Crippen molar-refractivity contribution in [3.8, 4) is 0 Å². The van der Waals surface area contributed by atoms with Crippen LogP contribution in [0.5, 0.6) is 0 Å². The van der Waals surface area contributed by atoms with E-state index in [4.69, 9.17) is 0 Å². The van der Waals surface area contributed by atoms with Gasteiger partial charge in [0, 0.05) is 17.9 Å². The molecule has 0 unspecified atom stereocenters. The first-order valence-corrected chi connectivity index (χ1v) is 12.3. The SMILES string of the molecule is CC1=C(C)N(c2c(C(C)C)cccc2C(C)C)[CH-]N1Cc1c(C)cc(C)cc1C.[Cl][Cu+]. The Balaban J connectivity index is 0.00000166. The van der Waals surface area contributed by atoms with Gasteiger partial charge in [0.25, 0.3) is 0 Å². The van der Waals surface area contributed by atoms with Gasteiger partial charge in [0.2, 0.25) is 0 Å². The average Bonchev–Trinajstić information content (AvgIpc) is 2.99. The fourth-order valence-electron chi connectivity index (χ4n) is 4.50. The summed E-state index contributed by atoms with van der Waals surface area (Å²) < 4.78 is 0. The molecule has 0 saturated carbocycles. The van der Waals surface area contributed by atoms with E-state index in [0.717, 1.165) is 6.54 Å². The Bertz CT molecular complexity index is 897. The van der Waals surface area contributed by atoms with Crippen LogP contribution in [0.2, 0.25) is 0 Å². The van der Waals surface area contributed by atoms with Gasteiger partial charge in [-0.1, -0.05) is 63.6 Å². The van der Waals surface area contributed by atoms with E-state index in [0.29, 0.717) is 11.8 Å². The molecule has 2 nitrogen and oxygen atoms in total. The molecule has 0 bridgehead atoms. The molecule has 3 rings (SSSR count). The first-order chi connectivity index (χ1) is 14.6. The van der Waals surface area contributed by atoms with Crippen LogP contribution in [-0.4, -0.2) is 4.90 Å². The van der Waals surface area contributed by atoms with Gasteiger partial charge < -0.3 is 9.80 Å². The molecular weight excluding hydrogens is 451 g/mol. The molecule has 2 aromatic rings. The van der Waals surface area contributed by atoms with E-state index in [9.17, 15) is 0 Å². The zero-order valence-corrected chi connectivity index (χ0v) is 22.1. The third-order valence-corrected chi connectivity index (χ3v) is 6.32. The molecule has 0 aliphatic carbocycles. The molecule has 1 aliphatic rings. The zero-order valence-electron chi connectivity index (χ0n) is 20.4. The van der Waals surface area contributed by atoms with Crippen molar-refractivity contribution >= 4 is 15.8 Å². The van der Waals surface area contributed by atoms with Crippen molar-refractivity contribution in [3.05, 3.63) is 81.8 Å². The summed E-state index contributed by atoms with van der Waals surface area (Å²) in [6.45, 7) is 23.6. The summed E-state index contributed by atoms with van der Waals surface area (Å²) >= 11 is 3.66. The Labute approximate surface area is 202 Å². The molecule has 0 saturated heterocycles. The third-order valence-electron chi connectivity index (χ3n) is 6.32. The summed E-state index contributed by atoms with van der Waals surface area (Å²) in [5.74, 6) is 0.974. The number of anilines is 1. The first-order valence-electron chi connectivity index (χ1n) is 11.0. The standard InChI is InChI=1S/C27H37N2.ClH.Cu/c1-17(2)24-11-10-12-25(18(3)4)27(24)29-16-28(22(8)23(29)9)15-26-20(6)13-19(5)14-21(26)7;;/h10-14,16-18H,15H2,1-9H3;1H;/q-1;;+2/p-1. The number of allylic oxidation sites excluding steroid dienone is 2. The first kappa shape index (κ1) is 25.8. The molecule has 0 N–H and O–H groups in total. The monoisotopic (exact) mass is 487 g/mol. The van der Waals surface area contributed by atoms with Crippen LogP contribution in [0.15, 0.2) is 41.7 Å². The second-order valence-electron chi connectivity index (χ2n) is 9.26. The number of aryl methyl sites for hydroxylation is 3. The van der Waals surface area contributed by atoms with Crippen LogP contribution in [0.4, 0.5) is 5.69 Å². The number of rotatable bonds is 5. The maximum absolute atomic E-state index is 4.20. The predicted octanol–water partition coefficient (Wildman–Crippen LogP) is 8.24. The van der Waals surface area contributed by atoms with Crippen LogP contribution in [0.25, 0.3) is 0 Å². The number of hydrogen-bond acceptors (Lipinski definition) is 2. The molecule has 31 heavy (non-hydrogen) atoms. The number of nitrogens with zero attached hydrogens (tertiary/aromatic N) is 2. The molecule has 0 amide bonds. The van der Waals surface area contributed by atoms with Gasteiger partial charge in [0.15, 0.2) is 0 Å². The van der Waals surface area contributed by atoms with Crippen molar-refractivity contribution in [2.75, 3.05) is 4.90 Å². The van der Waals surface area contributed by atoms with Gasteiger partial charge in [-0.3, -0.25) is 0 Å². The van der Waals surface area contributed by atoms with Gasteiger partial charge in [-0.15, -0.1) is 0 Å². The quantitative estimate of drug-likeness (QED) is 0.309. The number of halogens is 1. The normalized spacial score (nSPS) is 14.0. The third kappa shape index (κ3) is 5.51. The molecule has 0 radical (unpaired) electrons. The fraction of sp³-hybridized carbons (Fsp3) is 0.444. The second kappa shape index (κ2) is 10.9. The van der Waals surface area contributed by atoms with Crippen molar-refractivity contribution in [1.82, 2.24) is 4.90 Å². The molecule has 0 spiro atoms. The molecule has 0 fully saturated rings. The number of hydrogen-bond donors (Lipinski definition) is 0. The van der Waals surface area contributed by atoms with Gasteiger partial charge >= 0.3 is 25.2 Å². The van der Waals surface area contributed by atoms with E-state index in [-0.39, 0.29) is 0 Å². The van der Waals surface area contributed by atoms with Crippen LogP contribution < -0.4 is 4.90 Å². The molecule has 0 atom stereocenters. The van der Waals surface area contributed by atoms with Crippen molar-refractivity contribution in [2.45, 2.75) is 80.7 Å². The summed E-state index contributed by atoms with van der Waals surface area (Å²) in [6.07, 6.45) is 0. The van der Waals surface area contributed by atoms with Crippen LogP contribution >= 0.6 is 10.1 Å². The Morgan fingerprint density at radius 3 is 1.77 bits per heavy atom. The zero-order chi connectivity index (χ0) is 23.5. The minimum absolute atomic E-state index is 0.487. The Morgan fingerprint density at radius 1 is 0.839 bits per heavy atom. The van der Waals surface area contributed by atoms with Crippen LogP contribution in [0.1, 0.15) is 86.8 Å². The van der Waals surface area contributed by atoms with Crippen molar-refractivity contribution in [2.24, 2.45) is 0 Å². The molecule has 0 aromatic heterocycles. The van der Waals surface area contributed by atoms with E-state index >= 15 is 0 Å². The van der Waals surface area contributed by atoms with Gasteiger partial charge in [0.1, 0.15) is 0 Å².